The van der Waals surface area contributed by atoms with E-state index in [0.29, 0.717) is 16.7 Å². The lowest BCUT2D eigenvalue weighted by molar-refractivity contribution is 0.0600. The Morgan fingerprint density at radius 3 is 2.50 bits per heavy atom. The van der Waals surface area contributed by atoms with E-state index in [1.54, 1.807) is 25.1 Å². The molecule has 3 N–H and O–H groups in total. The van der Waals surface area contributed by atoms with Crippen molar-refractivity contribution >= 4 is 11.8 Å². The quantitative estimate of drug-likeness (QED) is 0.418. The van der Waals surface area contributed by atoms with Crippen molar-refractivity contribution in [1.82, 2.24) is 0 Å². The number of methoxy groups -OCH3 is 1. The zero-order valence-corrected chi connectivity index (χ0v) is 8.13. The fourth-order valence-corrected chi connectivity index (χ4v) is 1.26. The first kappa shape index (κ1) is 10.2. The van der Waals surface area contributed by atoms with Crippen molar-refractivity contribution in [2.75, 3.05) is 7.11 Å². The minimum absolute atomic E-state index is 0.0479. The SMILES string of the molecule is COC(=O)c1cccc(C(=N)N)c1C. The van der Waals surface area contributed by atoms with Gasteiger partial charge in [0.05, 0.1) is 12.7 Å². The molecule has 1 aromatic rings. The van der Waals surface area contributed by atoms with Crippen molar-refractivity contribution in [3.05, 3.63) is 34.9 Å². The number of carbonyl (C=O) groups excluding carboxylic acids is 1. The van der Waals surface area contributed by atoms with Crippen LogP contribution >= 0.6 is 0 Å². The molecule has 1 rings (SSSR count). The molecular weight excluding hydrogens is 180 g/mol. The van der Waals surface area contributed by atoms with Gasteiger partial charge in [0.25, 0.3) is 0 Å². The Kier molecular flexibility index (Phi) is 2.86. The number of nitrogen functional groups attached to an aromatic ring is 1. The molecule has 1 aromatic carbocycles. The third kappa shape index (κ3) is 1.74. The standard InChI is InChI=1S/C10H12N2O2/c1-6-7(9(11)12)4-3-5-8(6)10(13)14-2/h3-5H,1-2H3,(H3,11,12). The number of carbonyl (C=O) groups is 1. The van der Waals surface area contributed by atoms with Gasteiger partial charge in [-0.05, 0) is 18.6 Å². The Labute approximate surface area is 82.2 Å². The fourth-order valence-electron chi connectivity index (χ4n) is 1.26. The highest BCUT2D eigenvalue weighted by Gasteiger charge is 2.12. The van der Waals surface area contributed by atoms with Crippen LogP contribution in [0.15, 0.2) is 18.2 Å². The summed E-state index contributed by atoms with van der Waals surface area (Å²) >= 11 is 0. The number of amidine groups is 1. The molecule has 0 atom stereocenters. The maximum atomic E-state index is 11.3. The highest BCUT2D eigenvalue weighted by molar-refractivity contribution is 6.00. The molecule has 4 heteroatoms. The smallest absolute Gasteiger partial charge is 0.338 e. The Bertz CT molecular complexity index is 386. The predicted molar refractivity (Wildman–Crippen MR) is 53.5 cm³/mol. The Morgan fingerprint density at radius 2 is 2.00 bits per heavy atom. The van der Waals surface area contributed by atoms with Crippen molar-refractivity contribution < 1.29 is 9.53 Å². The van der Waals surface area contributed by atoms with E-state index < -0.39 is 5.97 Å². The summed E-state index contributed by atoms with van der Waals surface area (Å²) in [6.45, 7) is 1.74. The summed E-state index contributed by atoms with van der Waals surface area (Å²) in [6, 6.07) is 5.02. The summed E-state index contributed by atoms with van der Waals surface area (Å²) in [6.07, 6.45) is 0. The average Bonchev–Trinajstić information content (AvgIpc) is 2.16. The number of rotatable bonds is 2. The summed E-state index contributed by atoms with van der Waals surface area (Å²) in [4.78, 5) is 11.3. The fraction of sp³-hybridized carbons (Fsp3) is 0.200. The molecule has 4 nitrogen and oxygen atoms in total. The lowest BCUT2D eigenvalue weighted by atomic mass is 10.0. The van der Waals surface area contributed by atoms with Gasteiger partial charge < -0.3 is 10.5 Å². The minimum atomic E-state index is -0.411. The number of nitrogens with one attached hydrogen (secondary N) is 1. The van der Waals surface area contributed by atoms with Crippen LogP contribution in [0.5, 0.6) is 0 Å². The van der Waals surface area contributed by atoms with Crippen LogP contribution in [0.4, 0.5) is 0 Å². The van der Waals surface area contributed by atoms with Crippen LogP contribution < -0.4 is 5.73 Å². The maximum absolute atomic E-state index is 11.3. The highest BCUT2D eigenvalue weighted by Crippen LogP contribution is 2.13. The summed E-state index contributed by atoms with van der Waals surface area (Å²) in [5.74, 6) is -0.459. The molecule has 0 fully saturated rings. The van der Waals surface area contributed by atoms with Gasteiger partial charge >= 0.3 is 5.97 Å². The van der Waals surface area contributed by atoms with E-state index in [2.05, 4.69) is 4.74 Å². The Morgan fingerprint density at radius 1 is 1.43 bits per heavy atom. The van der Waals surface area contributed by atoms with E-state index in [1.165, 1.54) is 7.11 Å². The highest BCUT2D eigenvalue weighted by atomic mass is 16.5. The Hall–Kier alpha value is -1.84. The van der Waals surface area contributed by atoms with Crippen molar-refractivity contribution in [3.8, 4) is 0 Å². The van der Waals surface area contributed by atoms with Crippen molar-refractivity contribution in [3.63, 3.8) is 0 Å². The summed E-state index contributed by atoms with van der Waals surface area (Å²) in [5, 5.41) is 7.30. The molecule has 0 amide bonds. The molecular formula is C10H12N2O2. The molecule has 0 saturated carbocycles. The lowest BCUT2D eigenvalue weighted by Crippen LogP contribution is -2.15. The van der Waals surface area contributed by atoms with Crippen LogP contribution in [0.25, 0.3) is 0 Å². The van der Waals surface area contributed by atoms with Gasteiger partial charge in [-0.2, -0.15) is 0 Å². The van der Waals surface area contributed by atoms with E-state index in [9.17, 15) is 4.79 Å². The van der Waals surface area contributed by atoms with E-state index in [0.717, 1.165) is 0 Å². The van der Waals surface area contributed by atoms with Crippen LogP contribution in [-0.4, -0.2) is 18.9 Å². The van der Waals surface area contributed by atoms with Gasteiger partial charge in [-0.25, -0.2) is 4.79 Å². The number of benzene rings is 1. The maximum Gasteiger partial charge on any atom is 0.338 e. The van der Waals surface area contributed by atoms with Crippen molar-refractivity contribution in [2.45, 2.75) is 6.92 Å². The number of ether oxygens (including phenoxy) is 1. The largest absolute Gasteiger partial charge is 0.465 e. The second-order valence-electron chi connectivity index (χ2n) is 2.88. The summed E-state index contributed by atoms with van der Waals surface area (Å²) in [7, 11) is 1.32. The summed E-state index contributed by atoms with van der Waals surface area (Å²) in [5.41, 5.74) is 7.04. The van der Waals surface area contributed by atoms with Gasteiger partial charge in [-0.3, -0.25) is 5.41 Å². The second-order valence-corrected chi connectivity index (χ2v) is 2.88. The number of hydrogen-bond acceptors (Lipinski definition) is 3. The van der Waals surface area contributed by atoms with Crippen molar-refractivity contribution in [1.29, 1.82) is 5.41 Å². The van der Waals surface area contributed by atoms with E-state index in [-0.39, 0.29) is 5.84 Å². The van der Waals surface area contributed by atoms with Crippen LogP contribution in [0, 0.1) is 12.3 Å². The molecule has 0 spiro atoms. The average molecular weight is 192 g/mol. The molecule has 14 heavy (non-hydrogen) atoms. The number of hydrogen-bond donors (Lipinski definition) is 2. The third-order valence-corrected chi connectivity index (χ3v) is 2.03. The molecule has 0 bridgehead atoms. The number of esters is 1. The zero-order chi connectivity index (χ0) is 10.7. The van der Waals surface area contributed by atoms with Gasteiger partial charge in [0.15, 0.2) is 0 Å². The van der Waals surface area contributed by atoms with Crippen LogP contribution in [0.3, 0.4) is 0 Å². The first-order valence-electron chi connectivity index (χ1n) is 4.10. The molecule has 0 aliphatic carbocycles. The first-order chi connectivity index (χ1) is 6.57. The third-order valence-electron chi connectivity index (χ3n) is 2.03. The van der Waals surface area contributed by atoms with Crippen molar-refractivity contribution in [2.24, 2.45) is 5.73 Å². The normalized spacial score (nSPS) is 9.57. The van der Waals surface area contributed by atoms with Crippen LogP contribution in [0.2, 0.25) is 0 Å². The molecule has 0 aromatic heterocycles. The molecule has 0 aliphatic rings. The van der Waals surface area contributed by atoms with Gasteiger partial charge in [-0.1, -0.05) is 12.1 Å². The molecule has 0 unspecified atom stereocenters. The molecule has 0 radical (unpaired) electrons. The number of nitrogens with two attached hydrogens (primary N) is 1. The van der Waals surface area contributed by atoms with Gasteiger partial charge in [0.1, 0.15) is 5.84 Å². The topological polar surface area (TPSA) is 76.2 Å². The first-order valence-corrected chi connectivity index (χ1v) is 4.10. The molecule has 0 aliphatic heterocycles. The van der Waals surface area contributed by atoms with Gasteiger partial charge in [0.2, 0.25) is 0 Å². The van der Waals surface area contributed by atoms with E-state index in [4.69, 9.17) is 11.1 Å². The molecule has 0 heterocycles. The van der Waals surface area contributed by atoms with Crippen LogP contribution in [0.1, 0.15) is 21.5 Å². The second kappa shape index (κ2) is 3.91. The summed E-state index contributed by atoms with van der Waals surface area (Å²) < 4.78 is 4.60. The Balaban J connectivity index is 3.27. The zero-order valence-electron chi connectivity index (χ0n) is 8.13. The van der Waals surface area contributed by atoms with Gasteiger partial charge in [0, 0.05) is 5.56 Å². The van der Waals surface area contributed by atoms with E-state index in [1.807, 2.05) is 0 Å². The predicted octanol–water partition coefficient (Wildman–Crippen LogP) is 1.07. The van der Waals surface area contributed by atoms with Gasteiger partial charge in [-0.15, -0.1) is 0 Å². The monoisotopic (exact) mass is 192 g/mol. The molecule has 0 saturated heterocycles. The van der Waals surface area contributed by atoms with Crippen LogP contribution in [-0.2, 0) is 4.74 Å². The lowest BCUT2D eigenvalue weighted by Gasteiger charge is -2.07. The van der Waals surface area contributed by atoms with E-state index >= 15 is 0 Å². The molecule has 74 valence electrons. The minimum Gasteiger partial charge on any atom is -0.465 e.